The third-order valence-corrected chi connectivity index (χ3v) is 6.25. The van der Waals surface area contributed by atoms with Gasteiger partial charge < -0.3 is 14.8 Å². The van der Waals surface area contributed by atoms with E-state index in [9.17, 15) is 14.4 Å². The first kappa shape index (κ1) is 20.2. The molecule has 30 heavy (non-hydrogen) atoms. The molecule has 3 N–H and O–H groups in total. The molecule has 0 saturated carbocycles. The second-order valence-electron chi connectivity index (χ2n) is 7.26. The Kier molecular flexibility index (Phi) is 5.89. The van der Waals surface area contributed by atoms with Gasteiger partial charge in [-0.2, -0.15) is 0 Å². The number of hydrogen-bond acceptors (Lipinski definition) is 6. The van der Waals surface area contributed by atoms with Gasteiger partial charge in [0.2, 0.25) is 12.0 Å². The van der Waals surface area contributed by atoms with Crippen LogP contribution in [0.2, 0.25) is 0 Å². The number of amides is 3. The molecular weight excluding hydrogens is 406 g/mol. The van der Waals surface area contributed by atoms with E-state index >= 15 is 0 Å². The first-order chi connectivity index (χ1) is 14.5. The summed E-state index contributed by atoms with van der Waals surface area (Å²) in [6, 6.07) is 7.17. The number of carbonyl (C=O) groups excluding carboxylic acids is 3. The van der Waals surface area contributed by atoms with Crippen LogP contribution in [0.15, 0.2) is 24.3 Å². The van der Waals surface area contributed by atoms with Crippen molar-refractivity contribution in [2.45, 2.75) is 45.1 Å². The Morgan fingerprint density at radius 3 is 2.60 bits per heavy atom. The Hall–Kier alpha value is -3.07. The van der Waals surface area contributed by atoms with Crippen LogP contribution in [-0.4, -0.2) is 30.4 Å². The summed E-state index contributed by atoms with van der Waals surface area (Å²) in [5, 5.41) is 3.33. The average molecular weight is 429 g/mol. The first-order valence-corrected chi connectivity index (χ1v) is 10.8. The lowest BCUT2D eigenvalue weighted by Crippen LogP contribution is -2.42. The number of aryl methyl sites for hydroxylation is 1. The van der Waals surface area contributed by atoms with Crippen molar-refractivity contribution in [2.24, 2.45) is 0 Å². The van der Waals surface area contributed by atoms with E-state index in [1.807, 2.05) is 12.1 Å². The summed E-state index contributed by atoms with van der Waals surface area (Å²) >= 11 is 1.41. The predicted octanol–water partition coefficient (Wildman–Crippen LogP) is 2.58. The van der Waals surface area contributed by atoms with E-state index in [0.717, 1.165) is 42.5 Å². The standard InChI is InChI=1S/C21H23N3O5S/c1-12(25)23-24-20(27)18-13-7-3-2-4-10-17(13)30-21(18)22-19(26)16-11-28-14-8-5-6-9-15(14)29-16/h5-6,8-9,16H,2-4,7,10-11H2,1H3,(H,22,26)(H,23,25)(H,24,27). The number of hydrazine groups is 1. The van der Waals surface area contributed by atoms with Gasteiger partial charge in [0, 0.05) is 11.8 Å². The lowest BCUT2D eigenvalue weighted by molar-refractivity contribution is -0.125. The fourth-order valence-corrected chi connectivity index (χ4v) is 4.91. The zero-order valence-corrected chi connectivity index (χ0v) is 17.4. The van der Waals surface area contributed by atoms with Gasteiger partial charge in [0.15, 0.2) is 11.5 Å². The molecule has 0 radical (unpaired) electrons. The van der Waals surface area contributed by atoms with Gasteiger partial charge in [-0.3, -0.25) is 25.2 Å². The van der Waals surface area contributed by atoms with E-state index in [1.165, 1.54) is 18.3 Å². The van der Waals surface area contributed by atoms with Crippen LogP contribution in [0.1, 0.15) is 47.0 Å². The van der Waals surface area contributed by atoms with Crippen LogP contribution in [0.5, 0.6) is 11.5 Å². The number of anilines is 1. The number of fused-ring (bicyclic) bond motifs is 2. The highest BCUT2D eigenvalue weighted by molar-refractivity contribution is 7.17. The molecule has 8 nitrogen and oxygen atoms in total. The summed E-state index contributed by atoms with van der Waals surface area (Å²) < 4.78 is 11.4. The Bertz CT molecular complexity index is 987. The third kappa shape index (κ3) is 4.25. The van der Waals surface area contributed by atoms with Crippen molar-refractivity contribution in [1.29, 1.82) is 0 Å². The Morgan fingerprint density at radius 2 is 1.80 bits per heavy atom. The predicted molar refractivity (Wildman–Crippen MR) is 112 cm³/mol. The molecule has 0 saturated heterocycles. The Labute approximate surface area is 177 Å². The van der Waals surface area contributed by atoms with E-state index in [4.69, 9.17) is 9.47 Å². The van der Waals surface area contributed by atoms with Crippen molar-refractivity contribution in [1.82, 2.24) is 10.9 Å². The van der Waals surface area contributed by atoms with Crippen molar-refractivity contribution in [3.63, 3.8) is 0 Å². The monoisotopic (exact) mass is 429 g/mol. The Balaban J connectivity index is 1.56. The van der Waals surface area contributed by atoms with Gasteiger partial charge in [0.25, 0.3) is 11.8 Å². The van der Waals surface area contributed by atoms with Gasteiger partial charge in [0.05, 0.1) is 5.56 Å². The maximum atomic E-state index is 12.9. The van der Waals surface area contributed by atoms with E-state index in [1.54, 1.807) is 12.1 Å². The fraction of sp³-hybridized carbons (Fsp3) is 0.381. The van der Waals surface area contributed by atoms with Crippen LogP contribution in [0.4, 0.5) is 5.00 Å². The van der Waals surface area contributed by atoms with E-state index in [0.29, 0.717) is 22.1 Å². The van der Waals surface area contributed by atoms with E-state index < -0.39 is 12.0 Å². The molecule has 1 aromatic carbocycles. The van der Waals surface area contributed by atoms with Crippen molar-refractivity contribution in [3.8, 4) is 11.5 Å². The van der Waals surface area contributed by atoms with Crippen LogP contribution < -0.4 is 25.6 Å². The molecule has 2 aliphatic rings. The van der Waals surface area contributed by atoms with Gasteiger partial charge in [-0.1, -0.05) is 18.6 Å². The maximum absolute atomic E-state index is 12.9. The number of benzene rings is 1. The summed E-state index contributed by atoms with van der Waals surface area (Å²) in [4.78, 5) is 38.0. The Morgan fingerprint density at radius 1 is 1.03 bits per heavy atom. The lowest BCUT2D eigenvalue weighted by Gasteiger charge is -2.25. The zero-order valence-electron chi connectivity index (χ0n) is 16.6. The maximum Gasteiger partial charge on any atom is 0.272 e. The van der Waals surface area contributed by atoms with Crippen LogP contribution >= 0.6 is 11.3 Å². The summed E-state index contributed by atoms with van der Waals surface area (Å²) in [6.07, 6.45) is 3.93. The molecule has 0 spiro atoms. The minimum absolute atomic E-state index is 0.0847. The van der Waals surface area contributed by atoms with Gasteiger partial charge >= 0.3 is 0 Å². The first-order valence-electron chi connectivity index (χ1n) is 9.93. The second kappa shape index (κ2) is 8.74. The van der Waals surface area contributed by atoms with Gasteiger partial charge in [-0.15, -0.1) is 11.3 Å². The molecule has 1 atom stereocenters. The number of ether oxygens (including phenoxy) is 2. The van der Waals surface area contributed by atoms with Crippen molar-refractivity contribution >= 4 is 34.1 Å². The van der Waals surface area contributed by atoms with Gasteiger partial charge in [0.1, 0.15) is 11.6 Å². The molecule has 1 aliphatic carbocycles. The third-order valence-electron chi connectivity index (χ3n) is 5.04. The number of hydrogen-bond donors (Lipinski definition) is 3. The molecule has 2 aromatic rings. The van der Waals surface area contributed by atoms with Crippen LogP contribution in [0.3, 0.4) is 0 Å². The molecular formula is C21H23N3O5S. The summed E-state index contributed by atoms with van der Waals surface area (Å²) in [6.45, 7) is 1.40. The van der Waals surface area contributed by atoms with Crippen molar-refractivity contribution < 1.29 is 23.9 Å². The number of rotatable bonds is 3. The molecule has 4 rings (SSSR count). The molecule has 1 aromatic heterocycles. The van der Waals surface area contributed by atoms with Crippen LogP contribution in [0.25, 0.3) is 0 Å². The summed E-state index contributed by atoms with van der Waals surface area (Å²) in [7, 11) is 0. The molecule has 158 valence electrons. The fourth-order valence-electron chi connectivity index (χ4n) is 3.62. The molecule has 1 aliphatic heterocycles. The van der Waals surface area contributed by atoms with Gasteiger partial charge in [-0.25, -0.2) is 0 Å². The number of carbonyl (C=O) groups is 3. The van der Waals surface area contributed by atoms with Crippen LogP contribution in [0, 0.1) is 0 Å². The smallest absolute Gasteiger partial charge is 0.272 e. The number of nitrogens with one attached hydrogen (secondary N) is 3. The van der Waals surface area contributed by atoms with E-state index in [-0.39, 0.29) is 18.4 Å². The molecule has 1 unspecified atom stereocenters. The normalized spacial score (nSPS) is 17.3. The highest BCUT2D eigenvalue weighted by atomic mass is 32.1. The number of para-hydroxylation sites is 2. The molecule has 3 amide bonds. The van der Waals surface area contributed by atoms with Crippen LogP contribution in [-0.2, 0) is 22.4 Å². The molecule has 9 heteroatoms. The quantitative estimate of drug-likeness (QED) is 0.514. The minimum atomic E-state index is -0.826. The average Bonchev–Trinajstić information content (AvgIpc) is 2.91. The largest absolute Gasteiger partial charge is 0.485 e. The molecule has 0 fully saturated rings. The molecule has 2 heterocycles. The topological polar surface area (TPSA) is 106 Å². The van der Waals surface area contributed by atoms with Crippen molar-refractivity contribution in [3.05, 3.63) is 40.3 Å². The SMILES string of the molecule is CC(=O)NNC(=O)c1c(NC(=O)C2COc3ccccc3O2)sc2c1CCCCC2. The zero-order chi connectivity index (χ0) is 21.1. The highest BCUT2D eigenvalue weighted by Gasteiger charge is 2.31. The summed E-state index contributed by atoms with van der Waals surface area (Å²) in [5.41, 5.74) is 6.10. The molecule has 0 bridgehead atoms. The van der Waals surface area contributed by atoms with Gasteiger partial charge in [-0.05, 0) is 43.4 Å². The highest BCUT2D eigenvalue weighted by Crippen LogP contribution is 2.38. The number of thiophene rings is 1. The summed E-state index contributed by atoms with van der Waals surface area (Å²) in [5.74, 6) is -0.0866. The van der Waals surface area contributed by atoms with Crippen molar-refractivity contribution in [2.75, 3.05) is 11.9 Å². The van der Waals surface area contributed by atoms with E-state index in [2.05, 4.69) is 16.2 Å². The lowest BCUT2D eigenvalue weighted by atomic mass is 10.0. The minimum Gasteiger partial charge on any atom is -0.485 e. The second-order valence-corrected chi connectivity index (χ2v) is 8.36.